The van der Waals surface area contributed by atoms with Crippen molar-refractivity contribution < 1.29 is 14.7 Å². The topological polar surface area (TPSA) is 66.4 Å². The van der Waals surface area contributed by atoms with E-state index in [1.165, 1.54) is 0 Å². The number of carbonyl (C=O) groups is 2. The first kappa shape index (κ1) is 23.0. The molecule has 1 aliphatic heterocycles. The number of Topliss-reactive ketones (excluding diaryl/α,β-unsaturated/α-hetero) is 1. The molecule has 1 aromatic rings. The summed E-state index contributed by atoms with van der Waals surface area (Å²) in [6.45, 7) is 10.7. The normalized spacial score (nSPS) is 41.2. The number of hydrogen-bond donors (Lipinski definition) is 2. The molecule has 4 heteroatoms. The van der Waals surface area contributed by atoms with Crippen LogP contribution >= 0.6 is 0 Å². The third-order valence-corrected chi connectivity index (χ3v) is 8.33. The number of nitrogens with one attached hydrogen (secondary N) is 1. The number of amides is 1. The van der Waals surface area contributed by atoms with Crippen molar-refractivity contribution in [3.8, 4) is 0 Å². The van der Waals surface area contributed by atoms with Crippen molar-refractivity contribution in [1.82, 2.24) is 5.32 Å². The van der Waals surface area contributed by atoms with Gasteiger partial charge in [0, 0.05) is 24.3 Å². The molecule has 0 radical (unpaired) electrons. The number of benzene rings is 1. The van der Waals surface area contributed by atoms with E-state index >= 15 is 0 Å². The Hall–Kier alpha value is -2.20. The molecule has 1 amide bonds. The second-order valence-electron chi connectivity index (χ2n) is 10.6. The van der Waals surface area contributed by atoms with E-state index in [1.54, 1.807) is 0 Å². The van der Waals surface area contributed by atoms with Crippen LogP contribution in [0, 0.1) is 35.0 Å². The summed E-state index contributed by atoms with van der Waals surface area (Å²) in [4.78, 5) is 27.7. The Labute approximate surface area is 192 Å². The first-order chi connectivity index (χ1) is 15.3. The maximum atomic E-state index is 14.0. The largest absolute Gasteiger partial charge is 0.388 e. The molecule has 1 aromatic carbocycles. The van der Waals surface area contributed by atoms with Gasteiger partial charge in [0.25, 0.3) is 0 Å². The van der Waals surface area contributed by atoms with Crippen LogP contribution in [0.4, 0.5) is 0 Å². The molecule has 4 rings (SSSR count). The molecule has 1 saturated heterocycles. The van der Waals surface area contributed by atoms with E-state index < -0.39 is 17.4 Å². The highest BCUT2D eigenvalue weighted by Crippen LogP contribution is 2.57. The number of rotatable bonds is 2. The quantitative estimate of drug-likeness (QED) is 0.532. The molecule has 8 atom stereocenters. The molecular weight excluding hydrogens is 398 g/mol. The van der Waals surface area contributed by atoms with E-state index in [1.807, 2.05) is 31.2 Å². The molecule has 4 nitrogen and oxygen atoms in total. The zero-order valence-corrected chi connectivity index (χ0v) is 19.6. The standard InChI is InChI=1S/C28H37NO3/c1-17-9-8-12-22-26(31)20(4)19(3)25-23(16-21-10-6-5-7-11-21)29-27(32)28(22,25)24(30)14-13-18(2)15-17/h5-8,10-12,17-19,22-23,25-26,31H,4,9,13-16H2,1-3H3,(H,29,32)/b12-8+/t17-,18-,19+,22-,23-,25-,26+,28+/m1/s1. The van der Waals surface area contributed by atoms with Crippen molar-refractivity contribution in [2.45, 2.75) is 65.0 Å². The molecule has 2 N–H and O–H groups in total. The van der Waals surface area contributed by atoms with Crippen molar-refractivity contribution in [2.24, 2.45) is 35.0 Å². The summed E-state index contributed by atoms with van der Waals surface area (Å²) in [5.41, 5.74) is 0.639. The summed E-state index contributed by atoms with van der Waals surface area (Å²) >= 11 is 0. The van der Waals surface area contributed by atoms with Crippen LogP contribution in [0.25, 0.3) is 0 Å². The zero-order chi connectivity index (χ0) is 23.0. The lowest BCUT2D eigenvalue weighted by atomic mass is 9.51. The van der Waals surface area contributed by atoms with Crippen LogP contribution in [0.2, 0.25) is 0 Å². The Morgan fingerprint density at radius 3 is 2.56 bits per heavy atom. The lowest BCUT2D eigenvalue weighted by Crippen LogP contribution is -2.58. The average Bonchev–Trinajstić information content (AvgIpc) is 3.04. The van der Waals surface area contributed by atoms with Gasteiger partial charge >= 0.3 is 0 Å². The van der Waals surface area contributed by atoms with E-state index in [4.69, 9.17) is 0 Å². The number of ketones is 1. The monoisotopic (exact) mass is 435 g/mol. The number of hydrogen-bond acceptors (Lipinski definition) is 3. The summed E-state index contributed by atoms with van der Waals surface area (Å²) in [7, 11) is 0. The maximum absolute atomic E-state index is 14.0. The van der Waals surface area contributed by atoms with E-state index in [2.05, 4.69) is 44.0 Å². The van der Waals surface area contributed by atoms with Crippen LogP contribution in [0.15, 0.2) is 54.6 Å². The second-order valence-corrected chi connectivity index (χ2v) is 10.6. The highest BCUT2D eigenvalue weighted by Gasteiger charge is 2.68. The Bertz CT molecular complexity index is 907. The third-order valence-electron chi connectivity index (χ3n) is 8.33. The van der Waals surface area contributed by atoms with Gasteiger partial charge in [-0.05, 0) is 54.6 Å². The summed E-state index contributed by atoms with van der Waals surface area (Å²) in [5, 5.41) is 14.5. The van der Waals surface area contributed by atoms with Crippen LogP contribution in [-0.4, -0.2) is 28.9 Å². The summed E-state index contributed by atoms with van der Waals surface area (Å²) in [5.74, 6) is -0.197. The van der Waals surface area contributed by atoms with Gasteiger partial charge in [0.15, 0.2) is 0 Å². The van der Waals surface area contributed by atoms with Crippen molar-refractivity contribution in [3.63, 3.8) is 0 Å². The van der Waals surface area contributed by atoms with Crippen molar-refractivity contribution >= 4 is 11.7 Å². The molecular formula is C28H37NO3. The van der Waals surface area contributed by atoms with Crippen molar-refractivity contribution in [1.29, 1.82) is 0 Å². The van der Waals surface area contributed by atoms with E-state index in [0.29, 0.717) is 24.7 Å². The van der Waals surface area contributed by atoms with Crippen LogP contribution in [0.3, 0.4) is 0 Å². The Morgan fingerprint density at radius 2 is 1.84 bits per heavy atom. The number of carbonyl (C=O) groups excluding carboxylic acids is 2. The molecule has 0 aromatic heterocycles. The van der Waals surface area contributed by atoms with Gasteiger partial charge < -0.3 is 10.4 Å². The van der Waals surface area contributed by atoms with Gasteiger partial charge in [-0.1, -0.05) is 69.8 Å². The van der Waals surface area contributed by atoms with Gasteiger partial charge in [0.05, 0.1) is 6.10 Å². The maximum Gasteiger partial charge on any atom is 0.235 e. The molecule has 32 heavy (non-hydrogen) atoms. The van der Waals surface area contributed by atoms with E-state index in [0.717, 1.165) is 30.4 Å². The summed E-state index contributed by atoms with van der Waals surface area (Å²) in [6.07, 6.45) is 6.94. The molecule has 0 unspecified atom stereocenters. The van der Waals surface area contributed by atoms with Crippen LogP contribution in [0.5, 0.6) is 0 Å². The fourth-order valence-electron chi connectivity index (χ4n) is 6.69. The molecule has 3 aliphatic rings. The highest BCUT2D eigenvalue weighted by molar-refractivity contribution is 6.09. The third kappa shape index (κ3) is 3.77. The average molecular weight is 436 g/mol. The zero-order valence-electron chi connectivity index (χ0n) is 19.6. The minimum Gasteiger partial charge on any atom is -0.388 e. The molecule has 1 spiro atoms. The molecule has 172 valence electrons. The van der Waals surface area contributed by atoms with Crippen LogP contribution < -0.4 is 5.32 Å². The number of aliphatic hydroxyl groups is 1. The smallest absolute Gasteiger partial charge is 0.235 e. The second kappa shape index (κ2) is 8.97. The summed E-state index contributed by atoms with van der Waals surface area (Å²) < 4.78 is 0. The SMILES string of the molecule is C=C1[C@H](C)[C@@H]2[C@@H](Cc3ccccc3)NC(=O)[C@@]23C(=O)CC[C@@H](C)C[C@H](C)C/C=C/[C@@H]3[C@H]1O. The lowest BCUT2D eigenvalue weighted by molar-refractivity contribution is -0.151. The first-order valence-electron chi connectivity index (χ1n) is 12.2. The lowest BCUT2D eigenvalue weighted by Gasteiger charge is -2.49. The molecule has 1 heterocycles. The fraction of sp³-hybridized carbons (Fsp3) is 0.571. The fourth-order valence-corrected chi connectivity index (χ4v) is 6.69. The van der Waals surface area contributed by atoms with Crippen LogP contribution in [-0.2, 0) is 16.0 Å². The predicted octanol–water partition coefficient (Wildman–Crippen LogP) is 4.48. The first-order valence-corrected chi connectivity index (χ1v) is 12.2. The van der Waals surface area contributed by atoms with Gasteiger partial charge in [0.1, 0.15) is 11.2 Å². The molecule has 2 fully saturated rings. The van der Waals surface area contributed by atoms with Gasteiger partial charge in [-0.15, -0.1) is 0 Å². The molecule has 0 bridgehead atoms. The highest BCUT2D eigenvalue weighted by atomic mass is 16.3. The Kier molecular flexibility index (Phi) is 6.44. The van der Waals surface area contributed by atoms with E-state index in [9.17, 15) is 14.7 Å². The Morgan fingerprint density at radius 1 is 1.12 bits per heavy atom. The minimum atomic E-state index is -1.23. The number of aliphatic hydroxyl groups excluding tert-OH is 1. The van der Waals surface area contributed by atoms with Gasteiger partial charge in [-0.3, -0.25) is 9.59 Å². The van der Waals surface area contributed by atoms with Crippen molar-refractivity contribution in [3.05, 3.63) is 60.2 Å². The van der Waals surface area contributed by atoms with Crippen LogP contribution in [0.1, 0.15) is 52.0 Å². The van der Waals surface area contributed by atoms with Gasteiger partial charge in [-0.25, -0.2) is 0 Å². The van der Waals surface area contributed by atoms with Gasteiger partial charge in [-0.2, -0.15) is 0 Å². The number of allylic oxidation sites excluding steroid dienone is 1. The molecule has 2 aliphatic carbocycles. The predicted molar refractivity (Wildman–Crippen MR) is 127 cm³/mol. The summed E-state index contributed by atoms with van der Waals surface area (Å²) in [6, 6.07) is 9.95. The molecule has 1 saturated carbocycles. The van der Waals surface area contributed by atoms with E-state index in [-0.39, 0.29) is 29.6 Å². The van der Waals surface area contributed by atoms with Gasteiger partial charge in [0.2, 0.25) is 5.91 Å². The Balaban J connectivity index is 1.81. The minimum absolute atomic E-state index is 0.00925. The van der Waals surface area contributed by atoms with Crippen molar-refractivity contribution in [2.75, 3.05) is 0 Å².